The number of carbonyl (C=O) groups excluding carboxylic acids is 1. The highest BCUT2D eigenvalue weighted by atomic mass is 79.9. The Morgan fingerprint density at radius 2 is 2.00 bits per heavy atom. The van der Waals surface area contributed by atoms with Crippen molar-refractivity contribution in [1.82, 2.24) is 4.98 Å². The summed E-state index contributed by atoms with van der Waals surface area (Å²) >= 11 is 3.32. The molecule has 0 bridgehead atoms. The largest absolute Gasteiger partial charge is 0.497 e. The average molecular weight is 322 g/mol. The normalized spacial score (nSPS) is 10.1. The van der Waals surface area contributed by atoms with Gasteiger partial charge in [-0.05, 0) is 40.2 Å². The summed E-state index contributed by atoms with van der Waals surface area (Å²) in [5.41, 5.74) is 0.800. The van der Waals surface area contributed by atoms with E-state index in [4.69, 9.17) is 9.47 Å². The number of ether oxygens (including phenoxy) is 2. The van der Waals surface area contributed by atoms with Gasteiger partial charge < -0.3 is 9.47 Å². The number of nitrogens with zero attached hydrogens (tertiary/aromatic N) is 1. The number of pyridine rings is 1. The fraction of sp³-hybridized carbons (Fsp3) is 0.143. The fourth-order valence-electron chi connectivity index (χ4n) is 1.67. The van der Waals surface area contributed by atoms with Gasteiger partial charge in [-0.3, -0.25) is 9.78 Å². The van der Waals surface area contributed by atoms with Gasteiger partial charge in [0.1, 0.15) is 17.2 Å². The Morgan fingerprint density at radius 1 is 1.21 bits per heavy atom. The second-order valence-corrected chi connectivity index (χ2v) is 4.58. The van der Waals surface area contributed by atoms with E-state index >= 15 is 0 Å². The van der Waals surface area contributed by atoms with Crippen molar-refractivity contribution in [2.75, 3.05) is 14.2 Å². The van der Waals surface area contributed by atoms with Crippen LogP contribution in [0.3, 0.4) is 0 Å². The lowest BCUT2D eigenvalue weighted by Crippen LogP contribution is -2.07. The monoisotopic (exact) mass is 321 g/mol. The van der Waals surface area contributed by atoms with Gasteiger partial charge in [0, 0.05) is 16.7 Å². The molecule has 0 spiro atoms. The van der Waals surface area contributed by atoms with E-state index in [0.717, 1.165) is 0 Å². The van der Waals surface area contributed by atoms with Crippen LogP contribution < -0.4 is 9.47 Å². The molecule has 0 fully saturated rings. The molecule has 0 aliphatic carbocycles. The van der Waals surface area contributed by atoms with Crippen LogP contribution in [-0.4, -0.2) is 25.0 Å². The number of ketones is 1. The van der Waals surface area contributed by atoms with E-state index in [2.05, 4.69) is 20.9 Å². The first-order valence-corrected chi connectivity index (χ1v) is 6.34. The third-order valence-corrected chi connectivity index (χ3v) is 3.27. The second kappa shape index (κ2) is 5.84. The second-order valence-electron chi connectivity index (χ2n) is 3.73. The number of rotatable bonds is 4. The number of hydrogen-bond acceptors (Lipinski definition) is 4. The highest BCUT2D eigenvalue weighted by Gasteiger charge is 2.18. The van der Waals surface area contributed by atoms with Crippen molar-refractivity contribution in [1.29, 1.82) is 0 Å². The number of benzene rings is 1. The minimum Gasteiger partial charge on any atom is -0.497 e. The summed E-state index contributed by atoms with van der Waals surface area (Å²) in [4.78, 5) is 16.5. The van der Waals surface area contributed by atoms with E-state index < -0.39 is 0 Å². The zero-order chi connectivity index (χ0) is 13.8. The van der Waals surface area contributed by atoms with Crippen LogP contribution in [0.5, 0.6) is 11.5 Å². The predicted octanol–water partition coefficient (Wildman–Crippen LogP) is 3.09. The molecule has 1 heterocycles. The summed E-state index contributed by atoms with van der Waals surface area (Å²) < 4.78 is 11.0. The van der Waals surface area contributed by atoms with Gasteiger partial charge in [-0.1, -0.05) is 0 Å². The van der Waals surface area contributed by atoms with Crippen LogP contribution in [0, 0.1) is 0 Å². The van der Waals surface area contributed by atoms with Crippen molar-refractivity contribution < 1.29 is 14.3 Å². The highest BCUT2D eigenvalue weighted by Crippen LogP contribution is 2.27. The molecule has 5 heteroatoms. The third kappa shape index (κ3) is 2.76. The molecular formula is C14H12BrNO3. The number of hydrogen-bond donors (Lipinski definition) is 0. The molecule has 0 aliphatic rings. The quantitative estimate of drug-likeness (QED) is 0.812. The van der Waals surface area contributed by atoms with Crippen molar-refractivity contribution >= 4 is 21.7 Å². The van der Waals surface area contributed by atoms with Crippen molar-refractivity contribution in [3.63, 3.8) is 0 Å². The SMILES string of the molecule is COc1ccc(C(=O)c2ncccc2Br)c(OC)c1. The number of carbonyl (C=O) groups is 1. The third-order valence-electron chi connectivity index (χ3n) is 2.63. The van der Waals surface area contributed by atoms with Crippen molar-refractivity contribution in [2.45, 2.75) is 0 Å². The molecule has 2 aromatic rings. The maximum absolute atomic E-state index is 12.4. The molecule has 98 valence electrons. The Labute approximate surface area is 119 Å². The summed E-state index contributed by atoms with van der Waals surface area (Å²) in [5.74, 6) is 0.891. The number of methoxy groups -OCH3 is 2. The van der Waals surface area contributed by atoms with Gasteiger partial charge in [0.15, 0.2) is 0 Å². The van der Waals surface area contributed by atoms with E-state index in [1.807, 2.05) is 0 Å². The molecule has 0 saturated heterocycles. The standard InChI is InChI=1S/C14H12BrNO3/c1-18-9-5-6-10(12(8-9)19-2)14(17)13-11(15)4-3-7-16-13/h3-8H,1-2H3. The van der Waals surface area contributed by atoms with E-state index in [0.29, 0.717) is 27.2 Å². The van der Waals surface area contributed by atoms with Gasteiger partial charge in [0.25, 0.3) is 0 Å². The van der Waals surface area contributed by atoms with Gasteiger partial charge in [0.05, 0.1) is 19.8 Å². The van der Waals surface area contributed by atoms with Crippen LogP contribution in [0.25, 0.3) is 0 Å². The highest BCUT2D eigenvalue weighted by molar-refractivity contribution is 9.10. The Balaban J connectivity index is 2.47. The zero-order valence-corrected chi connectivity index (χ0v) is 12.1. The minimum atomic E-state index is -0.202. The Kier molecular flexibility index (Phi) is 4.16. The topological polar surface area (TPSA) is 48.4 Å². The van der Waals surface area contributed by atoms with Crippen LogP contribution in [-0.2, 0) is 0 Å². The van der Waals surface area contributed by atoms with Crippen molar-refractivity contribution in [2.24, 2.45) is 0 Å². The van der Waals surface area contributed by atoms with Crippen LogP contribution >= 0.6 is 15.9 Å². The first-order valence-electron chi connectivity index (χ1n) is 5.54. The fourth-order valence-corrected chi connectivity index (χ4v) is 2.10. The van der Waals surface area contributed by atoms with Crippen LogP contribution in [0.1, 0.15) is 16.1 Å². The van der Waals surface area contributed by atoms with E-state index in [1.165, 1.54) is 7.11 Å². The lowest BCUT2D eigenvalue weighted by molar-refractivity contribution is 0.103. The Hall–Kier alpha value is -1.88. The van der Waals surface area contributed by atoms with Gasteiger partial charge in [-0.2, -0.15) is 0 Å². The van der Waals surface area contributed by atoms with E-state index in [-0.39, 0.29) is 5.78 Å². The summed E-state index contributed by atoms with van der Waals surface area (Å²) in [7, 11) is 3.07. The molecule has 0 aliphatic heterocycles. The molecule has 0 radical (unpaired) electrons. The molecule has 1 aromatic carbocycles. The molecular weight excluding hydrogens is 310 g/mol. The molecule has 0 unspecified atom stereocenters. The lowest BCUT2D eigenvalue weighted by atomic mass is 10.1. The summed E-state index contributed by atoms with van der Waals surface area (Å²) in [6.07, 6.45) is 1.58. The smallest absolute Gasteiger partial charge is 0.216 e. The average Bonchev–Trinajstić information content (AvgIpc) is 2.46. The first kappa shape index (κ1) is 13.5. The van der Waals surface area contributed by atoms with Crippen molar-refractivity contribution in [3.05, 3.63) is 52.3 Å². The van der Waals surface area contributed by atoms with Crippen molar-refractivity contribution in [3.8, 4) is 11.5 Å². The van der Waals surface area contributed by atoms with Gasteiger partial charge in [0.2, 0.25) is 5.78 Å². The molecule has 2 rings (SSSR count). The number of halogens is 1. The molecule has 4 nitrogen and oxygen atoms in total. The zero-order valence-electron chi connectivity index (χ0n) is 10.5. The maximum Gasteiger partial charge on any atom is 0.216 e. The molecule has 1 aromatic heterocycles. The predicted molar refractivity (Wildman–Crippen MR) is 74.9 cm³/mol. The summed E-state index contributed by atoms with van der Waals surface area (Å²) in [6.45, 7) is 0. The van der Waals surface area contributed by atoms with Gasteiger partial charge in [-0.25, -0.2) is 0 Å². The Bertz CT molecular complexity index is 613. The van der Waals surface area contributed by atoms with Gasteiger partial charge in [-0.15, -0.1) is 0 Å². The van der Waals surface area contributed by atoms with E-state index in [1.54, 1.807) is 43.6 Å². The summed E-state index contributed by atoms with van der Waals surface area (Å²) in [5, 5.41) is 0. The molecule has 0 N–H and O–H groups in total. The molecule has 0 saturated carbocycles. The minimum absolute atomic E-state index is 0.202. The van der Waals surface area contributed by atoms with Crippen LogP contribution in [0.4, 0.5) is 0 Å². The summed E-state index contributed by atoms with van der Waals surface area (Å²) in [6, 6.07) is 8.58. The molecule has 0 amide bonds. The lowest BCUT2D eigenvalue weighted by Gasteiger charge is -2.09. The maximum atomic E-state index is 12.4. The van der Waals surface area contributed by atoms with Gasteiger partial charge >= 0.3 is 0 Å². The van der Waals surface area contributed by atoms with Crippen LogP contribution in [0.15, 0.2) is 41.0 Å². The first-order chi connectivity index (χ1) is 9.17. The number of aromatic nitrogens is 1. The Morgan fingerprint density at radius 3 is 2.63 bits per heavy atom. The molecule has 19 heavy (non-hydrogen) atoms. The molecule has 0 atom stereocenters. The van der Waals surface area contributed by atoms with E-state index in [9.17, 15) is 4.79 Å². The van der Waals surface area contributed by atoms with Crippen LogP contribution in [0.2, 0.25) is 0 Å².